The van der Waals surface area contributed by atoms with Gasteiger partial charge in [0.05, 0.1) is 6.61 Å². The van der Waals surface area contributed by atoms with E-state index in [9.17, 15) is 0 Å². The molecule has 18 heavy (non-hydrogen) atoms. The first-order chi connectivity index (χ1) is 8.83. The Morgan fingerprint density at radius 3 is 2.83 bits per heavy atom. The zero-order chi connectivity index (χ0) is 12.8. The van der Waals surface area contributed by atoms with Gasteiger partial charge in [-0.2, -0.15) is 0 Å². The second kappa shape index (κ2) is 6.88. The molecule has 1 fully saturated rings. The van der Waals surface area contributed by atoms with Gasteiger partial charge < -0.3 is 15.4 Å². The maximum atomic E-state index is 5.77. The Morgan fingerprint density at radius 2 is 2.11 bits per heavy atom. The van der Waals surface area contributed by atoms with Crippen molar-refractivity contribution in [1.82, 2.24) is 4.90 Å². The molecule has 0 aliphatic carbocycles. The normalized spacial score (nSPS) is 20.4. The summed E-state index contributed by atoms with van der Waals surface area (Å²) in [4.78, 5) is 2.54. The lowest BCUT2D eigenvalue weighted by atomic mass is 10.0. The fraction of sp³-hybridized carbons (Fsp3) is 0.600. The van der Waals surface area contributed by atoms with Crippen LogP contribution < -0.4 is 5.73 Å². The summed E-state index contributed by atoms with van der Waals surface area (Å²) < 4.78 is 5.23. The second-order valence-corrected chi connectivity index (χ2v) is 5.13. The summed E-state index contributed by atoms with van der Waals surface area (Å²) in [6.45, 7) is 5.06. The summed E-state index contributed by atoms with van der Waals surface area (Å²) in [5.74, 6) is 0.722. The molecule has 0 bridgehead atoms. The number of likely N-dealkylation sites (tertiary alicyclic amines) is 1. The molecule has 3 nitrogen and oxygen atoms in total. The van der Waals surface area contributed by atoms with Gasteiger partial charge in [-0.15, -0.1) is 0 Å². The van der Waals surface area contributed by atoms with Crippen LogP contribution >= 0.6 is 0 Å². The third-order valence-electron chi connectivity index (χ3n) is 3.81. The van der Waals surface area contributed by atoms with E-state index < -0.39 is 0 Å². The number of hydrogen-bond donors (Lipinski definition) is 1. The number of benzene rings is 1. The van der Waals surface area contributed by atoms with Crippen LogP contribution in [0.4, 0.5) is 0 Å². The van der Waals surface area contributed by atoms with Gasteiger partial charge in [0, 0.05) is 26.7 Å². The highest BCUT2D eigenvalue weighted by Crippen LogP contribution is 2.17. The lowest BCUT2D eigenvalue weighted by molar-refractivity contribution is 0.153. The summed E-state index contributed by atoms with van der Waals surface area (Å²) in [7, 11) is 1.79. The number of ether oxygens (including phenoxy) is 1. The Kier molecular flexibility index (Phi) is 5.17. The smallest absolute Gasteiger partial charge is 0.0503 e. The van der Waals surface area contributed by atoms with Gasteiger partial charge in [0.2, 0.25) is 0 Å². The van der Waals surface area contributed by atoms with Gasteiger partial charge in [-0.3, -0.25) is 0 Å². The van der Waals surface area contributed by atoms with Gasteiger partial charge in [-0.05, 0) is 36.4 Å². The maximum absolute atomic E-state index is 5.77. The molecule has 2 N–H and O–H groups in total. The van der Waals surface area contributed by atoms with Crippen molar-refractivity contribution in [1.29, 1.82) is 0 Å². The summed E-state index contributed by atoms with van der Waals surface area (Å²) in [6, 6.07) is 8.50. The molecule has 1 aromatic carbocycles. The molecule has 1 saturated heterocycles. The van der Waals surface area contributed by atoms with E-state index in [-0.39, 0.29) is 0 Å². The maximum Gasteiger partial charge on any atom is 0.0503 e. The summed E-state index contributed by atoms with van der Waals surface area (Å²) in [5, 5.41) is 0. The highest BCUT2D eigenvalue weighted by Gasteiger charge is 2.21. The predicted octanol–water partition coefficient (Wildman–Crippen LogP) is 1.66. The molecule has 0 spiro atoms. The van der Waals surface area contributed by atoms with E-state index >= 15 is 0 Å². The van der Waals surface area contributed by atoms with Gasteiger partial charge in [0.15, 0.2) is 0 Å². The third-order valence-corrected chi connectivity index (χ3v) is 3.81. The van der Waals surface area contributed by atoms with Crippen molar-refractivity contribution < 1.29 is 4.74 Å². The molecule has 100 valence electrons. The Morgan fingerprint density at radius 1 is 1.33 bits per heavy atom. The Bertz CT molecular complexity index is 367. The van der Waals surface area contributed by atoms with E-state index in [1.807, 2.05) is 0 Å². The summed E-state index contributed by atoms with van der Waals surface area (Å²) >= 11 is 0. The first-order valence-corrected chi connectivity index (χ1v) is 6.81. The SMILES string of the molecule is COCC1CCN(CCc2ccccc2CN)C1. The van der Waals surface area contributed by atoms with Gasteiger partial charge in [-0.1, -0.05) is 24.3 Å². The number of hydrogen-bond acceptors (Lipinski definition) is 3. The first-order valence-electron chi connectivity index (χ1n) is 6.81. The van der Waals surface area contributed by atoms with Crippen molar-refractivity contribution in [2.75, 3.05) is 33.4 Å². The van der Waals surface area contributed by atoms with Crippen LogP contribution in [-0.4, -0.2) is 38.3 Å². The molecule has 0 saturated carbocycles. The lowest BCUT2D eigenvalue weighted by Gasteiger charge is -2.17. The van der Waals surface area contributed by atoms with Crippen molar-refractivity contribution in [3.05, 3.63) is 35.4 Å². The molecular formula is C15H24N2O. The quantitative estimate of drug-likeness (QED) is 0.832. The fourth-order valence-corrected chi connectivity index (χ4v) is 2.77. The summed E-state index contributed by atoms with van der Waals surface area (Å²) in [5.41, 5.74) is 8.45. The molecule has 1 atom stereocenters. The molecule has 1 aromatic rings. The summed E-state index contributed by atoms with van der Waals surface area (Å²) in [6.07, 6.45) is 2.37. The monoisotopic (exact) mass is 248 g/mol. The zero-order valence-corrected chi connectivity index (χ0v) is 11.3. The number of rotatable bonds is 6. The van der Waals surface area contributed by atoms with Crippen LogP contribution in [0, 0.1) is 5.92 Å². The number of nitrogens with zero attached hydrogens (tertiary/aromatic N) is 1. The molecule has 0 aromatic heterocycles. The predicted molar refractivity (Wildman–Crippen MR) is 74.5 cm³/mol. The van der Waals surface area contributed by atoms with Crippen molar-refractivity contribution in [3.8, 4) is 0 Å². The Hall–Kier alpha value is -0.900. The topological polar surface area (TPSA) is 38.5 Å². The Balaban J connectivity index is 1.81. The van der Waals surface area contributed by atoms with Gasteiger partial charge >= 0.3 is 0 Å². The van der Waals surface area contributed by atoms with E-state index in [1.165, 1.54) is 30.6 Å². The third kappa shape index (κ3) is 3.55. The van der Waals surface area contributed by atoms with Crippen LogP contribution in [-0.2, 0) is 17.7 Å². The molecular weight excluding hydrogens is 224 g/mol. The molecule has 1 aliphatic rings. The highest BCUT2D eigenvalue weighted by atomic mass is 16.5. The van der Waals surface area contributed by atoms with Crippen LogP contribution in [0.15, 0.2) is 24.3 Å². The molecule has 1 aliphatic heterocycles. The highest BCUT2D eigenvalue weighted by molar-refractivity contribution is 5.27. The van der Waals surface area contributed by atoms with E-state index in [0.29, 0.717) is 6.54 Å². The average molecular weight is 248 g/mol. The standard InChI is InChI=1S/C15H24N2O/c1-18-12-13-6-8-17(11-13)9-7-14-4-2-3-5-15(14)10-16/h2-5,13H,6-12,16H2,1H3. The molecule has 1 heterocycles. The van der Waals surface area contributed by atoms with Crippen LogP contribution in [0.2, 0.25) is 0 Å². The van der Waals surface area contributed by atoms with E-state index in [2.05, 4.69) is 29.2 Å². The van der Waals surface area contributed by atoms with E-state index in [4.69, 9.17) is 10.5 Å². The van der Waals surface area contributed by atoms with Gasteiger partial charge in [0.25, 0.3) is 0 Å². The molecule has 1 unspecified atom stereocenters. The van der Waals surface area contributed by atoms with Crippen molar-refractivity contribution in [3.63, 3.8) is 0 Å². The minimum atomic E-state index is 0.641. The number of methoxy groups -OCH3 is 1. The van der Waals surface area contributed by atoms with Crippen LogP contribution in [0.1, 0.15) is 17.5 Å². The molecule has 3 heteroatoms. The molecule has 0 amide bonds. The Labute approximate surface area is 110 Å². The average Bonchev–Trinajstić information content (AvgIpc) is 2.85. The van der Waals surface area contributed by atoms with Gasteiger partial charge in [0.1, 0.15) is 0 Å². The second-order valence-electron chi connectivity index (χ2n) is 5.13. The van der Waals surface area contributed by atoms with Crippen LogP contribution in [0.5, 0.6) is 0 Å². The lowest BCUT2D eigenvalue weighted by Crippen LogP contribution is -2.24. The van der Waals surface area contributed by atoms with E-state index in [1.54, 1.807) is 7.11 Å². The minimum Gasteiger partial charge on any atom is -0.384 e. The van der Waals surface area contributed by atoms with Crippen LogP contribution in [0.3, 0.4) is 0 Å². The van der Waals surface area contributed by atoms with Gasteiger partial charge in [-0.25, -0.2) is 0 Å². The number of nitrogens with two attached hydrogens (primary N) is 1. The largest absolute Gasteiger partial charge is 0.384 e. The van der Waals surface area contributed by atoms with Crippen molar-refractivity contribution in [2.45, 2.75) is 19.4 Å². The fourth-order valence-electron chi connectivity index (χ4n) is 2.77. The molecule has 2 rings (SSSR count). The minimum absolute atomic E-state index is 0.641. The molecule has 0 radical (unpaired) electrons. The zero-order valence-electron chi connectivity index (χ0n) is 11.3. The van der Waals surface area contributed by atoms with Crippen molar-refractivity contribution >= 4 is 0 Å². The van der Waals surface area contributed by atoms with Crippen LogP contribution in [0.25, 0.3) is 0 Å². The van der Waals surface area contributed by atoms with Crippen molar-refractivity contribution in [2.24, 2.45) is 11.7 Å². The van der Waals surface area contributed by atoms with E-state index in [0.717, 1.165) is 25.5 Å². The first kappa shape index (κ1) is 13.5.